The highest BCUT2D eigenvalue weighted by Gasteiger charge is 2.34. The van der Waals surface area contributed by atoms with E-state index in [1.807, 2.05) is 13.8 Å². The Labute approximate surface area is 130 Å². The molecule has 1 fully saturated rings. The molecule has 0 unspecified atom stereocenters. The number of benzene rings is 1. The fourth-order valence-electron chi connectivity index (χ4n) is 3.03. The van der Waals surface area contributed by atoms with E-state index in [9.17, 15) is 13.2 Å². The van der Waals surface area contributed by atoms with E-state index in [-0.39, 0.29) is 28.9 Å². The summed E-state index contributed by atoms with van der Waals surface area (Å²) in [7, 11) is -3.58. The highest BCUT2D eigenvalue weighted by molar-refractivity contribution is 7.89. The van der Waals surface area contributed by atoms with Gasteiger partial charge in [0, 0.05) is 18.8 Å². The average Bonchev–Trinajstić information content (AvgIpc) is 2.73. The molecule has 1 saturated heterocycles. The summed E-state index contributed by atoms with van der Waals surface area (Å²) < 4.78 is 32.7. The van der Waals surface area contributed by atoms with Gasteiger partial charge in [0.1, 0.15) is 0 Å². The van der Waals surface area contributed by atoms with Crippen molar-refractivity contribution in [1.29, 1.82) is 0 Å². The van der Waals surface area contributed by atoms with Crippen LogP contribution in [0.4, 0.5) is 5.69 Å². The summed E-state index contributed by atoms with van der Waals surface area (Å²) in [5.41, 5.74) is 1.43. The van der Waals surface area contributed by atoms with E-state index < -0.39 is 10.0 Å². The van der Waals surface area contributed by atoms with Crippen LogP contribution >= 0.6 is 0 Å². The third-order valence-electron chi connectivity index (χ3n) is 4.16. The standard InChI is InChI=1S/C15H20N2O4S/c1-9-7-17(8-10(2)21-9)22(19,20)12-4-5-14-13(6-12)11(3)15(18)16-14/h4-6,9-11H,7-8H2,1-3H3,(H,16,18)/t9-,10-,11-/m0/s1. The lowest BCUT2D eigenvalue weighted by atomic mass is 10.0. The minimum Gasteiger partial charge on any atom is -0.373 e. The number of ether oxygens (including phenoxy) is 1. The fraction of sp³-hybridized carbons (Fsp3) is 0.533. The average molecular weight is 324 g/mol. The number of carbonyl (C=O) groups excluding carboxylic acids is 1. The van der Waals surface area contributed by atoms with Crippen molar-refractivity contribution in [3.63, 3.8) is 0 Å². The molecule has 0 aliphatic carbocycles. The van der Waals surface area contributed by atoms with Crippen molar-refractivity contribution in [3.05, 3.63) is 23.8 Å². The van der Waals surface area contributed by atoms with Crippen LogP contribution in [0.1, 0.15) is 32.3 Å². The molecule has 3 rings (SSSR count). The number of morpholine rings is 1. The first-order valence-electron chi connectivity index (χ1n) is 7.39. The van der Waals surface area contributed by atoms with Crippen molar-refractivity contribution < 1.29 is 17.9 Å². The summed E-state index contributed by atoms with van der Waals surface area (Å²) in [4.78, 5) is 11.9. The zero-order valence-electron chi connectivity index (χ0n) is 12.9. The molecule has 120 valence electrons. The molecular weight excluding hydrogens is 304 g/mol. The molecule has 6 nitrogen and oxygen atoms in total. The van der Waals surface area contributed by atoms with Gasteiger partial charge in [0.05, 0.1) is 23.0 Å². The number of anilines is 1. The quantitative estimate of drug-likeness (QED) is 0.895. The number of hydrogen-bond donors (Lipinski definition) is 1. The summed E-state index contributed by atoms with van der Waals surface area (Å²) in [5.74, 6) is -0.425. The Balaban J connectivity index is 1.95. The van der Waals surface area contributed by atoms with E-state index in [4.69, 9.17) is 4.74 Å². The first-order chi connectivity index (χ1) is 10.3. The van der Waals surface area contributed by atoms with Crippen LogP contribution in [0.2, 0.25) is 0 Å². The molecule has 2 aliphatic rings. The maximum atomic E-state index is 12.8. The molecule has 2 heterocycles. The Hall–Kier alpha value is -1.44. The predicted molar refractivity (Wildman–Crippen MR) is 82.3 cm³/mol. The molecule has 0 aromatic heterocycles. The van der Waals surface area contributed by atoms with Crippen LogP contribution in [0.3, 0.4) is 0 Å². The first kappa shape index (κ1) is 15.5. The number of fused-ring (bicyclic) bond motifs is 1. The second kappa shape index (κ2) is 5.33. The molecule has 22 heavy (non-hydrogen) atoms. The number of sulfonamides is 1. The molecule has 7 heteroatoms. The van der Waals surface area contributed by atoms with Gasteiger partial charge in [0.15, 0.2) is 0 Å². The molecule has 0 radical (unpaired) electrons. The van der Waals surface area contributed by atoms with Crippen molar-refractivity contribution in [1.82, 2.24) is 4.31 Å². The lowest BCUT2D eigenvalue weighted by molar-refractivity contribution is -0.116. The summed E-state index contributed by atoms with van der Waals surface area (Å²) in [6.07, 6.45) is -0.259. The molecule has 0 spiro atoms. The highest BCUT2D eigenvalue weighted by Crippen LogP contribution is 2.34. The topological polar surface area (TPSA) is 75.7 Å². The van der Waals surface area contributed by atoms with Crippen LogP contribution in [0.5, 0.6) is 0 Å². The Bertz CT molecular complexity index is 706. The zero-order chi connectivity index (χ0) is 16.1. The molecule has 1 amide bonds. The van der Waals surface area contributed by atoms with Crippen molar-refractivity contribution >= 4 is 21.6 Å². The molecular formula is C15H20N2O4S. The van der Waals surface area contributed by atoms with E-state index >= 15 is 0 Å². The Morgan fingerprint density at radius 3 is 2.45 bits per heavy atom. The van der Waals surface area contributed by atoms with Gasteiger partial charge in [-0.3, -0.25) is 4.79 Å². The van der Waals surface area contributed by atoms with Crippen LogP contribution in [0.25, 0.3) is 0 Å². The fourth-order valence-corrected chi connectivity index (χ4v) is 4.66. The highest BCUT2D eigenvalue weighted by atomic mass is 32.2. The van der Waals surface area contributed by atoms with Gasteiger partial charge in [-0.25, -0.2) is 8.42 Å². The third kappa shape index (κ3) is 2.53. The largest absolute Gasteiger partial charge is 0.373 e. The number of nitrogens with one attached hydrogen (secondary N) is 1. The van der Waals surface area contributed by atoms with Crippen molar-refractivity contribution in [2.45, 2.75) is 43.8 Å². The smallest absolute Gasteiger partial charge is 0.243 e. The van der Waals surface area contributed by atoms with Crippen molar-refractivity contribution in [2.75, 3.05) is 18.4 Å². The third-order valence-corrected chi connectivity index (χ3v) is 5.99. The van der Waals surface area contributed by atoms with E-state index in [2.05, 4.69) is 5.32 Å². The summed E-state index contributed by atoms with van der Waals surface area (Å²) in [6, 6.07) is 4.83. The molecule has 0 bridgehead atoms. The molecule has 3 atom stereocenters. The molecule has 2 aliphatic heterocycles. The van der Waals surface area contributed by atoms with Gasteiger partial charge in [0.2, 0.25) is 15.9 Å². The number of rotatable bonds is 2. The van der Waals surface area contributed by atoms with Gasteiger partial charge >= 0.3 is 0 Å². The second-order valence-electron chi connectivity index (χ2n) is 6.04. The van der Waals surface area contributed by atoms with Crippen LogP contribution in [-0.2, 0) is 19.6 Å². The molecule has 1 aromatic carbocycles. The SMILES string of the molecule is C[C@@H]1C(=O)Nc2ccc(S(=O)(=O)N3C[C@H](C)O[C@@H](C)C3)cc21. The summed E-state index contributed by atoms with van der Waals surface area (Å²) in [6.45, 7) is 6.19. The van der Waals surface area contributed by atoms with Crippen LogP contribution < -0.4 is 5.32 Å². The lowest BCUT2D eigenvalue weighted by Crippen LogP contribution is -2.48. The van der Waals surface area contributed by atoms with Crippen molar-refractivity contribution in [2.24, 2.45) is 0 Å². The first-order valence-corrected chi connectivity index (χ1v) is 8.83. The minimum absolute atomic E-state index is 0.0989. The van der Waals surface area contributed by atoms with Gasteiger partial charge < -0.3 is 10.1 Å². The minimum atomic E-state index is -3.58. The Morgan fingerprint density at radius 2 is 1.82 bits per heavy atom. The number of carbonyl (C=O) groups is 1. The van der Waals surface area contributed by atoms with Crippen LogP contribution in [0, 0.1) is 0 Å². The van der Waals surface area contributed by atoms with E-state index in [0.717, 1.165) is 5.56 Å². The van der Waals surface area contributed by atoms with E-state index in [0.29, 0.717) is 18.8 Å². The van der Waals surface area contributed by atoms with Gasteiger partial charge in [-0.05, 0) is 44.5 Å². The van der Waals surface area contributed by atoms with Gasteiger partial charge in [0.25, 0.3) is 0 Å². The van der Waals surface area contributed by atoms with E-state index in [1.54, 1.807) is 25.1 Å². The van der Waals surface area contributed by atoms with Gasteiger partial charge in [-0.15, -0.1) is 0 Å². The lowest BCUT2D eigenvalue weighted by Gasteiger charge is -2.34. The normalized spacial score (nSPS) is 29.2. The predicted octanol–water partition coefficient (Wildman–Crippen LogP) is 1.54. The van der Waals surface area contributed by atoms with Gasteiger partial charge in [-0.2, -0.15) is 4.31 Å². The van der Waals surface area contributed by atoms with Crippen LogP contribution in [0.15, 0.2) is 23.1 Å². The molecule has 0 saturated carbocycles. The van der Waals surface area contributed by atoms with E-state index in [1.165, 1.54) is 4.31 Å². The molecule has 1 N–H and O–H groups in total. The number of amides is 1. The number of nitrogens with zero attached hydrogens (tertiary/aromatic N) is 1. The maximum Gasteiger partial charge on any atom is 0.243 e. The zero-order valence-corrected chi connectivity index (χ0v) is 13.7. The summed E-state index contributed by atoms with van der Waals surface area (Å²) >= 11 is 0. The molecule has 1 aromatic rings. The van der Waals surface area contributed by atoms with Gasteiger partial charge in [-0.1, -0.05) is 0 Å². The summed E-state index contributed by atoms with van der Waals surface area (Å²) in [5, 5.41) is 2.75. The van der Waals surface area contributed by atoms with Crippen molar-refractivity contribution in [3.8, 4) is 0 Å². The monoisotopic (exact) mass is 324 g/mol. The van der Waals surface area contributed by atoms with Crippen LogP contribution in [-0.4, -0.2) is 43.9 Å². The second-order valence-corrected chi connectivity index (χ2v) is 7.98. The Morgan fingerprint density at radius 1 is 1.18 bits per heavy atom. The maximum absolute atomic E-state index is 12.8. The Kier molecular flexibility index (Phi) is 3.74. The number of hydrogen-bond acceptors (Lipinski definition) is 4.